The van der Waals surface area contributed by atoms with E-state index in [1.165, 1.54) is 7.86 Å². The number of aromatic carboxylic acids is 2. The molecule has 0 aromatic heterocycles. The van der Waals surface area contributed by atoms with Crippen LogP contribution in [0.15, 0.2) is 60.7 Å². The minimum Gasteiger partial charge on any atom is -0.478 e. The molecular formula is C20H24Hg2O6. The summed E-state index contributed by atoms with van der Waals surface area (Å²) in [5.74, 6) is -1.76. The van der Waals surface area contributed by atoms with Crippen LogP contribution in [0.25, 0.3) is 0 Å². The van der Waals surface area contributed by atoms with E-state index in [0.717, 1.165) is 52.2 Å². The molecule has 0 aliphatic heterocycles. The fraction of sp³-hybridized carbons (Fsp3) is 0.300. The summed E-state index contributed by atoms with van der Waals surface area (Å²) in [6, 6.07) is 16.6. The van der Waals surface area contributed by atoms with Crippen LogP contribution < -0.4 is 0 Å². The van der Waals surface area contributed by atoms with E-state index in [-0.39, 0.29) is 0 Å². The van der Waals surface area contributed by atoms with Crippen molar-refractivity contribution in [2.24, 2.45) is 0 Å². The molecule has 0 aliphatic carbocycles. The van der Waals surface area contributed by atoms with Crippen LogP contribution in [0.5, 0.6) is 0 Å². The summed E-state index contributed by atoms with van der Waals surface area (Å²) in [4.78, 5) is 20.4. The number of carbonyl (C=O) groups is 2. The molecule has 28 heavy (non-hydrogen) atoms. The zero-order valence-electron chi connectivity index (χ0n) is 16.3. The fourth-order valence-electron chi connectivity index (χ4n) is 2.07. The molecule has 2 aromatic carbocycles. The van der Waals surface area contributed by atoms with E-state index < -0.39 is 11.9 Å². The largest absolute Gasteiger partial charge is 0.478 e. The van der Waals surface area contributed by atoms with Gasteiger partial charge < -0.3 is 10.2 Å². The van der Waals surface area contributed by atoms with Crippen molar-refractivity contribution in [1.82, 2.24) is 0 Å². The Labute approximate surface area is 198 Å². The number of carboxylic acids is 2. The molecule has 2 unspecified atom stereocenters. The Bertz CT molecular complexity index is 599. The van der Waals surface area contributed by atoms with Crippen LogP contribution >= 0.6 is 0 Å². The molecule has 0 radical (unpaired) electrons. The van der Waals surface area contributed by atoms with Crippen molar-refractivity contribution in [3.8, 4) is 0 Å². The third-order valence-electron chi connectivity index (χ3n) is 3.63. The molecule has 6 nitrogen and oxygen atoms in total. The first-order chi connectivity index (χ1) is 13.4. The van der Waals surface area contributed by atoms with Gasteiger partial charge in [0.15, 0.2) is 0 Å². The summed E-state index contributed by atoms with van der Waals surface area (Å²) in [7, 11) is 3.57. The van der Waals surface area contributed by atoms with Crippen LogP contribution in [0.2, 0.25) is 7.86 Å². The average Bonchev–Trinajstić information content (AvgIpc) is 2.74. The number of benzene rings is 2. The van der Waals surface area contributed by atoms with Crippen LogP contribution in [-0.4, -0.2) is 48.6 Å². The number of methoxy groups -OCH3 is 2. The second-order valence-corrected chi connectivity index (χ2v) is 9.96. The second-order valence-electron chi connectivity index (χ2n) is 5.47. The van der Waals surface area contributed by atoms with Crippen LogP contribution in [0, 0.1) is 0 Å². The van der Waals surface area contributed by atoms with E-state index in [1.807, 2.05) is 0 Å². The first-order valence-corrected chi connectivity index (χ1v) is 16.4. The van der Waals surface area contributed by atoms with E-state index in [1.54, 1.807) is 74.9 Å². The van der Waals surface area contributed by atoms with E-state index in [4.69, 9.17) is 19.7 Å². The number of carboxylic acid groups (broad SMARTS) is 2. The van der Waals surface area contributed by atoms with Gasteiger partial charge in [0.2, 0.25) is 0 Å². The van der Waals surface area contributed by atoms with Gasteiger partial charge in [-0.3, -0.25) is 0 Å². The maximum Gasteiger partial charge on any atom is 0.335 e. The number of ether oxygens (including phenoxy) is 2. The van der Waals surface area contributed by atoms with Gasteiger partial charge in [-0.1, -0.05) is 36.4 Å². The van der Waals surface area contributed by atoms with Crippen molar-refractivity contribution >= 4 is 11.9 Å². The summed E-state index contributed by atoms with van der Waals surface area (Å²) in [5.41, 5.74) is 0.662. The molecule has 0 spiro atoms. The van der Waals surface area contributed by atoms with Gasteiger partial charge in [-0.05, 0) is 24.3 Å². The summed E-state index contributed by atoms with van der Waals surface area (Å²) >= 11 is 1.67. The van der Waals surface area contributed by atoms with Crippen molar-refractivity contribution in [3.05, 3.63) is 71.8 Å². The molecule has 2 atom stereocenters. The topological polar surface area (TPSA) is 93.1 Å². The normalized spacial score (nSPS) is 11.8. The van der Waals surface area contributed by atoms with Crippen LogP contribution in [0.1, 0.15) is 20.7 Å². The Morgan fingerprint density at radius 1 is 0.750 bits per heavy atom. The Balaban J connectivity index is 0.000000391. The number of hydrogen-bond donors (Lipinski definition) is 2. The van der Waals surface area contributed by atoms with E-state index in [2.05, 4.69) is 0 Å². The molecule has 2 rings (SSSR count). The maximum absolute atomic E-state index is 10.2. The standard InChI is InChI=1S/2C7H6O2.C6H12O2.2Hg/c2*8-7(9)6-4-2-1-3-5-6;1-5(7-3)6(2)8-4;;/h2*1-5H,(H,8,9);5-6H,1-2H2,3-4H3;;. The molecule has 0 saturated heterocycles. The molecule has 8 heteroatoms. The maximum atomic E-state index is 10.2. The van der Waals surface area contributed by atoms with Gasteiger partial charge in [-0.15, -0.1) is 0 Å². The quantitative estimate of drug-likeness (QED) is 0.419. The van der Waals surface area contributed by atoms with Crippen molar-refractivity contribution in [2.45, 2.75) is 20.1 Å². The molecule has 0 aliphatic rings. The molecule has 0 heterocycles. The van der Waals surface area contributed by atoms with Crippen molar-refractivity contribution in [2.75, 3.05) is 14.2 Å². The minimum absolute atomic E-state index is 0.331. The van der Waals surface area contributed by atoms with Crippen molar-refractivity contribution < 1.29 is 81.5 Å². The number of rotatable bonds is 7. The summed E-state index contributed by atoms with van der Waals surface area (Å²) < 4.78 is 13.1. The third kappa shape index (κ3) is 11.9. The monoisotopic (exact) mass is 764 g/mol. The van der Waals surface area contributed by atoms with Gasteiger partial charge >= 0.3 is 108 Å². The Morgan fingerprint density at radius 2 is 1.04 bits per heavy atom. The smallest absolute Gasteiger partial charge is 0.335 e. The molecule has 0 fully saturated rings. The van der Waals surface area contributed by atoms with E-state index in [0.29, 0.717) is 23.3 Å². The molecule has 0 amide bonds. The van der Waals surface area contributed by atoms with Gasteiger partial charge in [0.25, 0.3) is 0 Å². The van der Waals surface area contributed by atoms with E-state index >= 15 is 0 Å². The molecule has 0 bridgehead atoms. The average molecular weight is 762 g/mol. The predicted octanol–water partition coefficient (Wildman–Crippen LogP) is 3.72. The van der Waals surface area contributed by atoms with Gasteiger partial charge in [-0.2, -0.15) is 0 Å². The van der Waals surface area contributed by atoms with Crippen molar-refractivity contribution in [3.63, 3.8) is 0 Å². The van der Waals surface area contributed by atoms with Crippen LogP contribution in [-0.2, 0) is 61.7 Å². The summed E-state index contributed by atoms with van der Waals surface area (Å²) in [6.45, 7) is 0. The SMILES string of the molecule is COC([CH2][Hg])C([CH2][Hg])OC.O=C(O)c1ccccc1.O=C(O)c1ccccc1. The summed E-state index contributed by atoms with van der Waals surface area (Å²) in [6.07, 6.45) is 0.789. The fourth-order valence-corrected chi connectivity index (χ4v) is 6.80. The molecule has 144 valence electrons. The Morgan fingerprint density at radius 3 is 1.18 bits per heavy atom. The van der Waals surface area contributed by atoms with Gasteiger partial charge in [0.1, 0.15) is 0 Å². The number of hydrogen-bond acceptors (Lipinski definition) is 4. The first kappa shape index (κ1) is 27.2. The zero-order valence-corrected chi connectivity index (χ0v) is 27.3. The van der Waals surface area contributed by atoms with Gasteiger partial charge in [0, 0.05) is 0 Å². The molecule has 0 saturated carbocycles. The molecule has 2 aromatic rings. The zero-order chi connectivity index (χ0) is 21.4. The second kappa shape index (κ2) is 17.1. The first-order valence-electron chi connectivity index (χ1n) is 8.61. The van der Waals surface area contributed by atoms with Gasteiger partial charge in [0.05, 0.1) is 11.1 Å². The van der Waals surface area contributed by atoms with Crippen LogP contribution in [0.4, 0.5) is 0 Å². The Hall–Kier alpha value is -0.830. The van der Waals surface area contributed by atoms with Gasteiger partial charge in [-0.25, -0.2) is 9.59 Å². The third-order valence-corrected chi connectivity index (χ3v) is 8.05. The predicted molar refractivity (Wildman–Crippen MR) is 98.0 cm³/mol. The van der Waals surface area contributed by atoms with Crippen molar-refractivity contribution in [1.29, 1.82) is 0 Å². The van der Waals surface area contributed by atoms with E-state index in [9.17, 15) is 9.59 Å². The summed E-state index contributed by atoms with van der Waals surface area (Å²) in [5, 5.41) is 16.8. The van der Waals surface area contributed by atoms with Crippen LogP contribution in [0.3, 0.4) is 0 Å². The molecular weight excluding hydrogens is 737 g/mol. The molecule has 2 N–H and O–H groups in total. The minimum atomic E-state index is -0.879. The Kier molecular flexibility index (Phi) is 16.6.